The zero-order valence-electron chi connectivity index (χ0n) is 79.9. The summed E-state index contributed by atoms with van der Waals surface area (Å²) >= 11 is 0. The molecule has 2 aliphatic heterocycles. The second-order valence-corrected chi connectivity index (χ2v) is 46.4. The fraction of sp³-hybridized carbons (Fsp3) is 0.306. The molecule has 2 aromatic heterocycles. The molecule has 0 saturated carbocycles. The van der Waals surface area contributed by atoms with E-state index in [4.69, 9.17) is 0 Å². The van der Waals surface area contributed by atoms with Crippen LogP contribution < -0.4 is 26.2 Å². The molecule has 0 atom stereocenters. The minimum atomic E-state index is -0.619. The highest BCUT2D eigenvalue weighted by atomic mass is 15.2. The number of anilines is 6. The van der Waals surface area contributed by atoms with E-state index in [2.05, 4.69) is 485 Å². The summed E-state index contributed by atoms with van der Waals surface area (Å²) in [5.74, 6) is 0. The normalized spacial score (nSPS) is 14.3. The van der Waals surface area contributed by atoms with Gasteiger partial charge in [-0.25, -0.2) is 0 Å². The van der Waals surface area contributed by atoms with Crippen molar-refractivity contribution in [3.05, 3.63) is 351 Å². The van der Waals surface area contributed by atoms with Crippen LogP contribution in [0.25, 0.3) is 88.4 Å². The number of rotatable bonds is 8. The largest absolute Gasteiger partial charge is 0.311 e. The van der Waals surface area contributed by atoms with Gasteiger partial charge in [-0.15, -0.1) is 0 Å². The van der Waals surface area contributed by atoms with Crippen molar-refractivity contribution in [3.8, 4) is 44.8 Å². The number of benzene rings is 14. The fourth-order valence-electron chi connectivity index (χ4n) is 20.8. The number of hydrogen-bond acceptors (Lipinski definition) is 2. The molecule has 634 valence electrons. The highest BCUT2D eigenvalue weighted by Gasteiger charge is 2.49. The van der Waals surface area contributed by atoms with E-state index in [1.165, 1.54) is 172 Å². The van der Waals surface area contributed by atoms with Crippen molar-refractivity contribution in [2.45, 2.75) is 241 Å². The lowest BCUT2D eigenvalue weighted by Crippen LogP contribution is -2.61. The van der Waals surface area contributed by atoms with Gasteiger partial charge in [0.05, 0.1) is 38.9 Å². The van der Waals surface area contributed by atoms with E-state index in [-0.39, 0.29) is 55.4 Å². The van der Waals surface area contributed by atoms with Crippen molar-refractivity contribution in [3.63, 3.8) is 0 Å². The molecule has 5 heteroatoms. The van der Waals surface area contributed by atoms with Crippen LogP contribution in [0.3, 0.4) is 0 Å². The van der Waals surface area contributed by atoms with Crippen LogP contribution in [0.15, 0.2) is 279 Å². The van der Waals surface area contributed by atoms with Crippen LogP contribution in [0, 0.1) is 0 Å². The van der Waals surface area contributed by atoms with Crippen LogP contribution in [0.1, 0.15) is 259 Å². The van der Waals surface area contributed by atoms with Gasteiger partial charge in [0, 0.05) is 66.8 Å². The number of nitrogens with zero attached hydrogens (tertiary/aromatic N) is 4. The summed E-state index contributed by atoms with van der Waals surface area (Å²) in [4.78, 5) is 5.53. The third-order valence-electron chi connectivity index (χ3n) is 28.3. The molecule has 0 N–H and O–H groups in total. The minimum absolute atomic E-state index is 0.0684. The first-order valence-corrected chi connectivity index (χ1v) is 46.2. The maximum Gasteiger partial charge on any atom is 0.252 e. The van der Waals surface area contributed by atoms with Gasteiger partial charge in [-0.3, -0.25) is 0 Å². The lowest BCUT2D eigenvalue weighted by atomic mass is 9.33. The van der Waals surface area contributed by atoms with Crippen molar-refractivity contribution in [1.29, 1.82) is 0 Å². The zero-order valence-corrected chi connectivity index (χ0v) is 79.9. The van der Waals surface area contributed by atoms with E-state index < -0.39 is 5.41 Å². The number of aromatic nitrogens is 2. The number of para-hydroxylation sites is 1. The van der Waals surface area contributed by atoms with Crippen LogP contribution in [0.5, 0.6) is 0 Å². The molecule has 14 aromatic carbocycles. The van der Waals surface area contributed by atoms with Crippen LogP contribution >= 0.6 is 0 Å². The van der Waals surface area contributed by atoms with Gasteiger partial charge in [-0.2, -0.15) is 0 Å². The molecule has 19 rings (SSSR count). The quantitative estimate of drug-likeness (QED) is 0.141. The molecule has 0 bridgehead atoms. The molecule has 126 heavy (non-hydrogen) atoms. The monoisotopic (exact) mass is 1650 g/mol. The average Bonchev–Trinajstić information content (AvgIpc) is 1.31. The Kier molecular flexibility index (Phi) is 19.1. The van der Waals surface area contributed by atoms with Crippen molar-refractivity contribution in [2.24, 2.45) is 0 Å². The van der Waals surface area contributed by atoms with Gasteiger partial charge in [0.2, 0.25) is 0 Å². The number of fused-ring (bicyclic) bond motifs is 13. The summed E-state index contributed by atoms with van der Waals surface area (Å²) in [6, 6.07) is 112. The lowest BCUT2D eigenvalue weighted by Gasteiger charge is -2.46. The van der Waals surface area contributed by atoms with Gasteiger partial charge >= 0.3 is 0 Å². The summed E-state index contributed by atoms with van der Waals surface area (Å²) in [7, 11) is 0. The second-order valence-electron chi connectivity index (χ2n) is 46.4. The van der Waals surface area contributed by atoms with E-state index in [0.717, 1.165) is 39.6 Å². The van der Waals surface area contributed by atoms with Crippen LogP contribution in [-0.4, -0.2) is 15.8 Å². The van der Waals surface area contributed by atoms with Gasteiger partial charge in [0.15, 0.2) is 0 Å². The first-order chi connectivity index (χ1) is 59.1. The molecule has 1 aliphatic carbocycles. The Labute approximate surface area is 751 Å². The summed E-state index contributed by atoms with van der Waals surface area (Å²) in [5, 5.41) is 4.99. The lowest BCUT2D eigenvalue weighted by molar-refractivity contribution is 0.568. The molecular formula is C121H127BN4. The topological polar surface area (TPSA) is 16.3 Å². The highest BCUT2D eigenvalue weighted by molar-refractivity contribution is 7.00. The van der Waals surface area contributed by atoms with Gasteiger partial charge < -0.3 is 18.9 Å². The molecule has 4 nitrogen and oxygen atoms in total. The van der Waals surface area contributed by atoms with E-state index in [1.807, 2.05) is 0 Å². The average molecular weight is 1650 g/mol. The number of hydrogen-bond donors (Lipinski definition) is 0. The van der Waals surface area contributed by atoms with Crippen LogP contribution in [-0.2, 0) is 54.1 Å². The van der Waals surface area contributed by atoms with Crippen molar-refractivity contribution in [1.82, 2.24) is 9.13 Å². The predicted molar refractivity (Wildman–Crippen MR) is 546 cm³/mol. The Hall–Kier alpha value is -11.7. The Balaban J connectivity index is 0.973. The van der Waals surface area contributed by atoms with Crippen molar-refractivity contribution >= 4 is 101 Å². The zero-order chi connectivity index (χ0) is 89.4. The molecule has 0 amide bonds. The Bertz CT molecular complexity index is 6950. The highest BCUT2D eigenvalue weighted by Crippen LogP contribution is 2.59. The maximum absolute atomic E-state index is 2.77. The summed E-state index contributed by atoms with van der Waals surface area (Å²) in [6.45, 7) is 64.0. The Morgan fingerprint density at radius 3 is 0.984 bits per heavy atom. The third kappa shape index (κ3) is 13.7. The van der Waals surface area contributed by atoms with Gasteiger partial charge in [0.1, 0.15) is 0 Å². The molecule has 0 saturated heterocycles. The Morgan fingerprint density at radius 2 is 0.563 bits per heavy atom. The van der Waals surface area contributed by atoms with Crippen LogP contribution in [0.2, 0.25) is 0 Å². The molecule has 0 radical (unpaired) electrons. The van der Waals surface area contributed by atoms with Crippen molar-refractivity contribution < 1.29 is 0 Å². The standard InChI is InChI=1S/C121H127BN4/c1-112(2,3)78-46-54-102(91(64-78)74-58-82(116(13,14)15)62-83(59-74)117(16,17)18)125-107-70-87(123-104-56-48-80(114(7,8)9)66-94(104)95-67-81(115(10,11)12)49-57-105(95)123)50-52-99(107)122-100-53-51-88(124-101-45-37-35-43-90(101)96-72-93-89-42-34-36-44-97(89)121(98(93)73-106(96)124,76-38-30-28-31-39-76)77-40-32-29-33-41-77)71-108(100)126(110-69-86(120(25,26)27)68-109(125)111(110)122)103-55-47-79(113(4,5)6)65-92(103)75-60-84(118(19,20)21)63-85(61-75)119(22,23)24/h28-73H,1-27H3. The first kappa shape index (κ1) is 83.9. The first-order valence-electron chi connectivity index (χ1n) is 46.2. The molecule has 4 heterocycles. The molecule has 0 unspecified atom stereocenters. The smallest absolute Gasteiger partial charge is 0.252 e. The van der Waals surface area contributed by atoms with E-state index in [1.54, 1.807) is 0 Å². The molecule has 0 spiro atoms. The molecular weight excluding hydrogens is 1520 g/mol. The second kappa shape index (κ2) is 28.7. The molecule has 0 fully saturated rings. The van der Waals surface area contributed by atoms with Crippen LogP contribution in [0.4, 0.5) is 34.1 Å². The van der Waals surface area contributed by atoms with Gasteiger partial charge in [-0.05, 0) is 263 Å². The van der Waals surface area contributed by atoms with E-state index in [9.17, 15) is 0 Å². The predicted octanol–water partition coefficient (Wildman–Crippen LogP) is 31.3. The SMILES string of the molecule is CC(C)(C)c1cc(-c2cc(C(C)(C)C)ccc2N2c3cc(-n4c5ccc(C(C)(C)C)cc5c5cc(C(C)(C)C)ccc54)ccc3B3c4ccc(-n5c6ccccc6c6cc7c(cc65)C(c5ccccc5)(c5ccccc5)c5ccccc5-7)cc4N(c4ccc(C(C)(C)C)cc4-c4cc(C(C)(C)C)cc(C(C)(C)C)c4)c4cc(C(C)(C)C)cc2c43)cc(C(C)(C)C)c1. The molecule has 16 aromatic rings. The van der Waals surface area contributed by atoms with Gasteiger partial charge in [0.25, 0.3) is 6.71 Å². The minimum Gasteiger partial charge on any atom is -0.311 e. The Morgan fingerprint density at radius 1 is 0.214 bits per heavy atom. The van der Waals surface area contributed by atoms with E-state index in [0.29, 0.717) is 0 Å². The molecule has 3 aliphatic rings. The van der Waals surface area contributed by atoms with Gasteiger partial charge in [-0.1, -0.05) is 363 Å². The fourth-order valence-corrected chi connectivity index (χ4v) is 20.8. The van der Waals surface area contributed by atoms with E-state index >= 15 is 0 Å². The summed E-state index contributed by atoms with van der Waals surface area (Å²) in [6.07, 6.45) is 0. The third-order valence-corrected chi connectivity index (χ3v) is 28.3. The summed E-state index contributed by atoms with van der Waals surface area (Å²) < 4.78 is 5.22. The maximum atomic E-state index is 2.77. The summed E-state index contributed by atoms with van der Waals surface area (Å²) in [5.41, 5.74) is 39.9. The van der Waals surface area contributed by atoms with Crippen molar-refractivity contribution in [2.75, 3.05) is 9.80 Å².